The van der Waals surface area contributed by atoms with Gasteiger partial charge in [0.15, 0.2) is 0 Å². The van der Waals surface area contributed by atoms with Crippen LogP contribution in [0.1, 0.15) is 39.2 Å². The number of nitrogens with one attached hydrogen (secondary N) is 2. The SMILES string of the molecule is C[C@@H]1C(NNc2ccc3c(=O)n(CCc4ccc(Cl)cc4Cl)cnc3c2)C[C@@H]2C[C@H]1C2(C)C. The highest BCUT2D eigenvalue weighted by atomic mass is 35.5. The zero-order chi connectivity index (χ0) is 23.3. The van der Waals surface area contributed by atoms with Gasteiger partial charge in [-0.25, -0.2) is 10.4 Å². The Bertz CT molecular complexity index is 1250. The molecule has 0 amide bonds. The fourth-order valence-electron chi connectivity index (χ4n) is 5.88. The molecule has 5 nitrogen and oxygen atoms in total. The van der Waals surface area contributed by atoms with Crippen LogP contribution in [-0.4, -0.2) is 15.6 Å². The number of rotatable bonds is 6. The van der Waals surface area contributed by atoms with Crippen molar-refractivity contribution >= 4 is 39.8 Å². The van der Waals surface area contributed by atoms with Crippen molar-refractivity contribution in [1.82, 2.24) is 15.0 Å². The van der Waals surface area contributed by atoms with Gasteiger partial charge in [0.05, 0.1) is 22.9 Å². The van der Waals surface area contributed by atoms with Gasteiger partial charge in [-0.05, 0) is 78.3 Å². The molecule has 7 heteroatoms. The molecule has 2 N–H and O–H groups in total. The van der Waals surface area contributed by atoms with Crippen LogP contribution < -0.4 is 16.4 Å². The Labute approximate surface area is 204 Å². The maximum atomic E-state index is 13.0. The van der Waals surface area contributed by atoms with Crippen molar-refractivity contribution in [1.29, 1.82) is 0 Å². The molecule has 1 heterocycles. The molecule has 3 aliphatic carbocycles. The van der Waals surface area contributed by atoms with E-state index in [2.05, 4.69) is 36.6 Å². The minimum Gasteiger partial charge on any atom is -0.321 e. The van der Waals surface area contributed by atoms with Gasteiger partial charge in [-0.15, -0.1) is 0 Å². The van der Waals surface area contributed by atoms with Crippen LogP contribution in [0.15, 0.2) is 47.5 Å². The van der Waals surface area contributed by atoms with Crippen LogP contribution in [0, 0.1) is 23.2 Å². The standard InChI is InChI=1S/C26H30Cl2N4O/c1-15-21-10-17(26(21,2)3)11-23(15)31-30-19-6-7-20-24(13-19)29-14-32(25(20)33)9-8-16-4-5-18(27)12-22(16)28/h4-7,12-15,17,21,23,30-31H,8-11H2,1-3H3/t15-,17-,21+,23?/m0/s1. The molecule has 0 aliphatic heterocycles. The minimum atomic E-state index is -0.0483. The lowest BCUT2D eigenvalue weighted by molar-refractivity contribution is -0.113. The smallest absolute Gasteiger partial charge is 0.261 e. The molecule has 1 unspecified atom stereocenters. The van der Waals surface area contributed by atoms with Gasteiger partial charge in [0, 0.05) is 22.6 Å². The van der Waals surface area contributed by atoms with E-state index >= 15 is 0 Å². The Morgan fingerprint density at radius 2 is 1.97 bits per heavy atom. The van der Waals surface area contributed by atoms with Gasteiger partial charge in [0.2, 0.25) is 0 Å². The van der Waals surface area contributed by atoms with Gasteiger partial charge in [-0.3, -0.25) is 9.36 Å². The highest BCUT2D eigenvalue weighted by Gasteiger charge is 2.56. The molecule has 0 radical (unpaired) electrons. The Morgan fingerprint density at radius 1 is 1.15 bits per heavy atom. The average molecular weight is 485 g/mol. The van der Waals surface area contributed by atoms with Crippen molar-refractivity contribution in [2.45, 2.75) is 52.6 Å². The topological polar surface area (TPSA) is 58.9 Å². The van der Waals surface area contributed by atoms with Crippen molar-refractivity contribution < 1.29 is 0 Å². The van der Waals surface area contributed by atoms with Crippen molar-refractivity contribution in [3.05, 3.63) is 68.7 Å². The number of hydrogen-bond acceptors (Lipinski definition) is 4. The fourth-order valence-corrected chi connectivity index (χ4v) is 6.38. The highest BCUT2D eigenvalue weighted by Crippen LogP contribution is 2.61. The molecule has 2 bridgehead atoms. The lowest BCUT2D eigenvalue weighted by Gasteiger charge is -2.62. The Hall–Kier alpha value is -2.08. The Kier molecular flexibility index (Phi) is 5.92. The predicted molar refractivity (Wildman–Crippen MR) is 136 cm³/mol. The highest BCUT2D eigenvalue weighted by molar-refractivity contribution is 6.35. The fraction of sp³-hybridized carbons (Fsp3) is 0.462. The quantitative estimate of drug-likeness (QED) is 0.425. The van der Waals surface area contributed by atoms with Gasteiger partial charge in [0.25, 0.3) is 5.56 Å². The van der Waals surface area contributed by atoms with Gasteiger partial charge in [-0.2, -0.15) is 0 Å². The lowest BCUT2D eigenvalue weighted by Crippen LogP contribution is -2.60. The number of aryl methyl sites for hydroxylation is 2. The molecule has 4 atom stereocenters. The Morgan fingerprint density at radius 3 is 2.70 bits per heavy atom. The molecule has 3 aliphatic rings. The monoisotopic (exact) mass is 484 g/mol. The third kappa shape index (κ3) is 4.16. The molecule has 33 heavy (non-hydrogen) atoms. The Balaban J connectivity index is 1.26. The van der Waals surface area contributed by atoms with E-state index in [-0.39, 0.29) is 5.56 Å². The largest absolute Gasteiger partial charge is 0.321 e. The molecule has 2 aromatic carbocycles. The number of fused-ring (bicyclic) bond motifs is 3. The van der Waals surface area contributed by atoms with Crippen LogP contribution in [-0.2, 0) is 13.0 Å². The third-order valence-corrected chi connectivity index (χ3v) is 8.81. The number of nitrogens with zero attached hydrogens (tertiary/aromatic N) is 2. The van der Waals surface area contributed by atoms with Crippen LogP contribution >= 0.6 is 23.2 Å². The van der Waals surface area contributed by atoms with Gasteiger partial charge >= 0.3 is 0 Å². The molecular formula is C26H30Cl2N4O. The van der Waals surface area contributed by atoms with Crippen LogP contribution in [0.3, 0.4) is 0 Å². The van der Waals surface area contributed by atoms with Crippen molar-refractivity contribution in [2.75, 3.05) is 5.43 Å². The second-order valence-corrected chi connectivity index (χ2v) is 11.1. The summed E-state index contributed by atoms with van der Waals surface area (Å²) in [6, 6.07) is 11.6. The summed E-state index contributed by atoms with van der Waals surface area (Å²) in [7, 11) is 0. The summed E-state index contributed by atoms with van der Waals surface area (Å²) < 4.78 is 1.64. The van der Waals surface area contributed by atoms with E-state index < -0.39 is 0 Å². The number of benzene rings is 2. The van der Waals surface area contributed by atoms with E-state index in [9.17, 15) is 4.79 Å². The molecule has 174 valence electrons. The van der Waals surface area contributed by atoms with Crippen molar-refractivity contribution in [3.63, 3.8) is 0 Å². The first-order chi connectivity index (χ1) is 15.7. The van der Waals surface area contributed by atoms with Gasteiger partial charge in [-0.1, -0.05) is 50.0 Å². The molecule has 6 rings (SSSR count). The maximum Gasteiger partial charge on any atom is 0.261 e. The van der Waals surface area contributed by atoms with E-state index in [1.807, 2.05) is 30.3 Å². The molecule has 3 fully saturated rings. The number of halogens is 2. The summed E-state index contributed by atoms with van der Waals surface area (Å²) in [5, 5.41) is 1.82. The summed E-state index contributed by atoms with van der Waals surface area (Å²) >= 11 is 12.2. The van der Waals surface area contributed by atoms with E-state index in [0.717, 1.165) is 23.1 Å². The first-order valence-corrected chi connectivity index (χ1v) is 12.4. The molecular weight excluding hydrogens is 455 g/mol. The van der Waals surface area contributed by atoms with Crippen LogP contribution in [0.25, 0.3) is 10.9 Å². The predicted octanol–water partition coefficient (Wildman–Crippen LogP) is 5.93. The minimum absolute atomic E-state index is 0.0483. The molecule has 1 aromatic heterocycles. The van der Waals surface area contributed by atoms with Crippen LogP contribution in [0.5, 0.6) is 0 Å². The number of hydrogen-bond donors (Lipinski definition) is 2. The summed E-state index contributed by atoms with van der Waals surface area (Å²) in [5.74, 6) is 2.23. The van der Waals surface area contributed by atoms with E-state index in [1.165, 1.54) is 12.8 Å². The summed E-state index contributed by atoms with van der Waals surface area (Å²) in [4.78, 5) is 17.5. The van der Waals surface area contributed by atoms with Crippen molar-refractivity contribution in [2.24, 2.45) is 23.2 Å². The zero-order valence-corrected chi connectivity index (χ0v) is 20.7. The van der Waals surface area contributed by atoms with Crippen LogP contribution in [0.2, 0.25) is 10.0 Å². The number of aromatic nitrogens is 2. The summed E-state index contributed by atoms with van der Waals surface area (Å²) in [5.41, 5.74) is 9.91. The molecule has 3 saturated carbocycles. The summed E-state index contributed by atoms with van der Waals surface area (Å²) in [6.45, 7) is 7.70. The van der Waals surface area contributed by atoms with E-state index in [4.69, 9.17) is 23.2 Å². The lowest BCUT2D eigenvalue weighted by atomic mass is 9.45. The number of anilines is 1. The summed E-state index contributed by atoms with van der Waals surface area (Å²) in [6.07, 6.45) is 4.81. The molecule has 3 aromatic rings. The van der Waals surface area contributed by atoms with E-state index in [1.54, 1.807) is 17.0 Å². The first kappa shape index (κ1) is 22.7. The maximum absolute atomic E-state index is 13.0. The van der Waals surface area contributed by atoms with E-state index in [0.29, 0.717) is 51.3 Å². The second-order valence-electron chi connectivity index (χ2n) is 10.3. The molecule has 0 saturated heterocycles. The second kappa shape index (κ2) is 8.61. The zero-order valence-electron chi connectivity index (χ0n) is 19.2. The van der Waals surface area contributed by atoms with Gasteiger partial charge < -0.3 is 5.43 Å². The molecule has 0 spiro atoms. The van der Waals surface area contributed by atoms with Crippen LogP contribution in [0.4, 0.5) is 5.69 Å². The first-order valence-electron chi connectivity index (χ1n) is 11.7. The third-order valence-electron chi connectivity index (χ3n) is 8.22. The average Bonchev–Trinajstić information content (AvgIpc) is 2.78. The van der Waals surface area contributed by atoms with Crippen molar-refractivity contribution in [3.8, 4) is 0 Å². The number of hydrazine groups is 1. The normalized spacial score (nSPS) is 25.6. The van der Waals surface area contributed by atoms with Gasteiger partial charge in [0.1, 0.15) is 0 Å².